The third kappa shape index (κ3) is 3.40. The van der Waals surface area contributed by atoms with E-state index < -0.39 is 16.1 Å². The predicted octanol–water partition coefficient (Wildman–Crippen LogP) is 1.15. The first-order valence-electron chi connectivity index (χ1n) is 7.62. The SMILES string of the molecule is Cc1ccc(S(=O)(=O)N2CCO[C@H](c3cc(=O)[nH]c(C)n3)C2)cc1. The quantitative estimate of drug-likeness (QED) is 0.897. The summed E-state index contributed by atoms with van der Waals surface area (Å²) >= 11 is 0. The van der Waals surface area contributed by atoms with Crippen LogP contribution in [-0.2, 0) is 14.8 Å². The second kappa shape index (κ2) is 6.46. The van der Waals surface area contributed by atoms with Crippen LogP contribution < -0.4 is 5.56 Å². The van der Waals surface area contributed by atoms with Crippen LogP contribution in [0, 0.1) is 13.8 Å². The van der Waals surface area contributed by atoms with Crippen LogP contribution in [0.15, 0.2) is 40.0 Å². The minimum Gasteiger partial charge on any atom is -0.369 e. The fourth-order valence-electron chi connectivity index (χ4n) is 2.65. The number of morpholine rings is 1. The third-order valence-electron chi connectivity index (χ3n) is 3.90. The summed E-state index contributed by atoms with van der Waals surface area (Å²) in [5.74, 6) is 0.472. The largest absolute Gasteiger partial charge is 0.369 e. The molecule has 0 spiro atoms. The van der Waals surface area contributed by atoms with Crippen molar-refractivity contribution < 1.29 is 13.2 Å². The van der Waals surface area contributed by atoms with Gasteiger partial charge < -0.3 is 9.72 Å². The van der Waals surface area contributed by atoms with Gasteiger partial charge in [0.05, 0.1) is 17.2 Å². The summed E-state index contributed by atoms with van der Waals surface area (Å²) in [6.45, 7) is 4.24. The molecule has 2 heterocycles. The molecule has 24 heavy (non-hydrogen) atoms. The summed E-state index contributed by atoms with van der Waals surface area (Å²) in [5.41, 5.74) is 1.16. The Morgan fingerprint density at radius 3 is 2.62 bits per heavy atom. The highest BCUT2D eigenvalue weighted by atomic mass is 32.2. The van der Waals surface area contributed by atoms with Crippen LogP contribution >= 0.6 is 0 Å². The van der Waals surface area contributed by atoms with E-state index in [-0.39, 0.29) is 30.2 Å². The zero-order chi connectivity index (χ0) is 17.3. The van der Waals surface area contributed by atoms with Gasteiger partial charge in [-0.25, -0.2) is 13.4 Å². The summed E-state index contributed by atoms with van der Waals surface area (Å²) in [6, 6.07) is 8.09. The lowest BCUT2D eigenvalue weighted by Crippen LogP contribution is -2.42. The molecule has 0 saturated carbocycles. The molecule has 0 unspecified atom stereocenters. The molecule has 2 aromatic rings. The lowest BCUT2D eigenvalue weighted by molar-refractivity contribution is -0.00515. The van der Waals surface area contributed by atoms with Crippen LogP contribution in [0.4, 0.5) is 0 Å². The Kier molecular flexibility index (Phi) is 4.53. The number of nitrogens with zero attached hydrogens (tertiary/aromatic N) is 2. The number of aromatic nitrogens is 2. The van der Waals surface area contributed by atoms with E-state index in [9.17, 15) is 13.2 Å². The molecule has 0 aliphatic carbocycles. The van der Waals surface area contributed by atoms with Gasteiger partial charge in [-0.3, -0.25) is 4.79 Å². The van der Waals surface area contributed by atoms with Crippen LogP contribution in [-0.4, -0.2) is 42.4 Å². The number of nitrogens with one attached hydrogen (secondary N) is 1. The van der Waals surface area contributed by atoms with Gasteiger partial charge in [0.25, 0.3) is 5.56 Å². The van der Waals surface area contributed by atoms with Crippen molar-refractivity contribution in [1.82, 2.24) is 14.3 Å². The Bertz CT molecular complexity index is 890. The normalized spacial score (nSPS) is 19.3. The van der Waals surface area contributed by atoms with Gasteiger partial charge in [-0.2, -0.15) is 4.31 Å². The van der Waals surface area contributed by atoms with Gasteiger partial charge in [-0.15, -0.1) is 0 Å². The van der Waals surface area contributed by atoms with Gasteiger partial charge in [0.1, 0.15) is 11.9 Å². The van der Waals surface area contributed by atoms with Crippen LogP contribution in [0.2, 0.25) is 0 Å². The number of aromatic amines is 1. The number of rotatable bonds is 3. The molecule has 1 aliphatic rings. The summed E-state index contributed by atoms with van der Waals surface area (Å²) in [7, 11) is -3.60. The molecule has 1 saturated heterocycles. The van der Waals surface area contributed by atoms with E-state index in [0.717, 1.165) is 5.56 Å². The number of hydrogen-bond acceptors (Lipinski definition) is 5. The van der Waals surface area contributed by atoms with Crippen molar-refractivity contribution in [3.8, 4) is 0 Å². The van der Waals surface area contributed by atoms with Crippen molar-refractivity contribution >= 4 is 10.0 Å². The smallest absolute Gasteiger partial charge is 0.251 e. The van der Waals surface area contributed by atoms with E-state index in [1.54, 1.807) is 31.2 Å². The first-order chi connectivity index (χ1) is 11.4. The summed E-state index contributed by atoms with van der Waals surface area (Å²) < 4.78 is 32.6. The highest BCUT2D eigenvalue weighted by Crippen LogP contribution is 2.25. The van der Waals surface area contributed by atoms with E-state index >= 15 is 0 Å². The zero-order valence-corrected chi connectivity index (χ0v) is 14.3. The van der Waals surface area contributed by atoms with Gasteiger partial charge in [-0.05, 0) is 26.0 Å². The number of hydrogen-bond donors (Lipinski definition) is 1. The Morgan fingerprint density at radius 1 is 1.25 bits per heavy atom. The number of ether oxygens (including phenoxy) is 1. The average molecular weight is 349 g/mol. The maximum Gasteiger partial charge on any atom is 0.251 e. The number of aryl methyl sites for hydroxylation is 2. The Balaban J connectivity index is 1.87. The molecule has 1 atom stereocenters. The van der Waals surface area contributed by atoms with E-state index in [2.05, 4.69) is 9.97 Å². The monoisotopic (exact) mass is 349 g/mol. The van der Waals surface area contributed by atoms with Gasteiger partial charge in [0, 0.05) is 19.2 Å². The highest BCUT2D eigenvalue weighted by molar-refractivity contribution is 7.89. The maximum absolute atomic E-state index is 12.8. The van der Waals surface area contributed by atoms with E-state index in [1.165, 1.54) is 10.4 Å². The molecule has 3 rings (SSSR count). The topological polar surface area (TPSA) is 92.4 Å². The second-order valence-electron chi connectivity index (χ2n) is 5.79. The van der Waals surface area contributed by atoms with Crippen LogP contribution in [0.25, 0.3) is 0 Å². The van der Waals surface area contributed by atoms with Gasteiger partial charge in [0.2, 0.25) is 10.0 Å². The van der Waals surface area contributed by atoms with Crippen molar-refractivity contribution in [2.75, 3.05) is 19.7 Å². The lowest BCUT2D eigenvalue weighted by atomic mass is 10.2. The van der Waals surface area contributed by atoms with Crippen LogP contribution in [0.3, 0.4) is 0 Å². The fourth-order valence-corrected chi connectivity index (χ4v) is 4.07. The Morgan fingerprint density at radius 2 is 1.96 bits per heavy atom. The number of H-pyrrole nitrogens is 1. The van der Waals surface area contributed by atoms with E-state index in [4.69, 9.17) is 4.74 Å². The van der Waals surface area contributed by atoms with Crippen LogP contribution in [0.1, 0.15) is 23.2 Å². The molecular formula is C16H19N3O4S. The van der Waals surface area contributed by atoms with Gasteiger partial charge >= 0.3 is 0 Å². The minimum absolute atomic E-state index is 0.131. The average Bonchev–Trinajstić information content (AvgIpc) is 2.54. The summed E-state index contributed by atoms with van der Waals surface area (Å²) in [5, 5.41) is 0. The predicted molar refractivity (Wildman–Crippen MR) is 88.2 cm³/mol. The fraction of sp³-hybridized carbons (Fsp3) is 0.375. The molecule has 8 heteroatoms. The molecule has 0 amide bonds. The molecule has 1 aliphatic heterocycles. The minimum atomic E-state index is -3.60. The molecule has 128 valence electrons. The van der Waals surface area contributed by atoms with E-state index in [0.29, 0.717) is 11.5 Å². The van der Waals surface area contributed by atoms with Crippen LogP contribution in [0.5, 0.6) is 0 Å². The van der Waals surface area contributed by atoms with Crippen molar-refractivity contribution in [1.29, 1.82) is 0 Å². The standard InChI is InChI=1S/C16H19N3O4S/c1-11-3-5-13(6-4-11)24(21,22)19-7-8-23-15(10-19)14-9-16(20)18-12(2)17-14/h3-6,9,15H,7-8,10H2,1-2H3,(H,17,18,20)/t15-/m0/s1. The van der Waals surface area contributed by atoms with Crippen molar-refractivity contribution in [3.63, 3.8) is 0 Å². The maximum atomic E-state index is 12.8. The van der Waals surface area contributed by atoms with E-state index in [1.807, 2.05) is 6.92 Å². The van der Waals surface area contributed by atoms with Crippen molar-refractivity contribution in [2.24, 2.45) is 0 Å². The second-order valence-corrected chi connectivity index (χ2v) is 7.73. The molecule has 1 fully saturated rings. The first-order valence-corrected chi connectivity index (χ1v) is 9.06. The third-order valence-corrected chi connectivity index (χ3v) is 5.78. The lowest BCUT2D eigenvalue weighted by Gasteiger charge is -2.31. The molecule has 7 nitrogen and oxygen atoms in total. The van der Waals surface area contributed by atoms with Gasteiger partial charge in [0.15, 0.2) is 0 Å². The summed E-state index contributed by atoms with van der Waals surface area (Å²) in [4.78, 5) is 18.7. The molecule has 1 aromatic heterocycles. The Labute approximate surface area is 140 Å². The van der Waals surface area contributed by atoms with Crippen molar-refractivity contribution in [3.05, 3.63) is 57.8 Å². The molecule has 1 aromatic carbocycles. The van der Waals surface area contributed by atoms with Crippen molar-refractivity contribution in [2.45, 2.75) is 24.8 Å². The first kappa shape index (κ1) is 16.8. The molecule has 1 N–H and O–H groups in total. The highest BCUT2D eigenvalue weighted by Gasteiger charge is 2.32. The summed E-state index contributed by atoms with van der Waals surface area (Å²) in [6.07, 6.45) is -0.556. The van der Waals surface area contributed by atoms with Gasteiger partial charge in [-0.1, -0.05) is 17.7 Å². The molecule has 0 radical (unpaired) electrons. The zero-order valence-electron chi connectivity index (χ0n) is 13.5. The number of benzene rings is 1. The number of sulfonamides is 1. The molecule has 0 bridgehead atoms. The Hall–Kier alpha value is -2.03. The molecular weight excluding hydrogens is 330 g/mol.